The molecule has 3 aromatic rings. The Hall–Kier alpha value is -2.25. The van der Waals surface area contributed by atoms with E-state index in [1.807, 2.05) is 44.2 Å². The predicted molar refractivity (Wildman–Crippen MR) is 96.8 cm³/mol. The van der Waals surface area contributed by atoms with Crippen LogP contribution in [0.1, 0.15) is 35.1 Å². The van der Waals surface area contributed by atoms with Gasteiger partial charge in [0.15, 0.2) is 0 Å². The second kappa shape index (κ2) is 7.55. The summed E-state index contributed by atoms with van der Waals surface area (Å²) in [5.41, 5.74) is 0.521. The van der Waals surface area contributed by atoms with Crippen molar-refractivity contribution in [2.24, 2.45) is 0 Å². The summed E-state index contributed by atoms with van der Waals surface area (Å²) < 4.78 is 0. The lowest BCUT2D eigenvalue weighted by molar-refractivity contribution is 0.102. The average molecular weight is 356 g/mol. The van der Waals surface area contributed by atoms with Crippen molar-refractivity contribution in [2.75, 3.05) is 5.32 Å². The largest absolute Gasteiger partial charge is 0.296 e. The van der Waals surface area contributed by atoms with Gasteiger partial charge < -0.3 is 0 Å². The lowest BCUT2D eigenvalue weighted by atomic mass is 10.2. The highest BCUT2D eigenvalue weighted by molar-refractivity contribution is 7.99. The Morgan fingerprint density at radius 3 is 2.62 bits per heavy atom. The normalized spacial score (nSPS) is 10.8. The van der Waals surface area contributed by atoms with Crippen molar-refractivity contribution in [2.45, 2.75) is 29.7 Å². The van der Waals surface area contributed by atoms with Crippen LogP contribution in [0.15, 0.2) is 58.6 Å². The van der Waals surface area contributed by atoms with E-state index in [0.717, 1.165) is 9.90 Å². The first-order chi connectivity index (χ1) is 11.6. The molecule has 0 aliphatic rings. The first-order valence-corrected chi connectivity index (χ1v) is 9.09. The Kier molecular flexibility index (Phi) is 5.22. The van der Waals surface area contributed by atoms with Gasteiger partial charge in [-0.25, -0.2) is 4.98 Å². The zero-order valence-corrected chi connectivity index (χ0v) is 14.9. The van der Waals surface area contributed by atoms with Gasteiger partial charge in [-0.2, -0.15) is 0 Å². The molecule has 24 heavy (non-hydrogen) atoms. The number of amides is 1. The fourth-order valence-corrected chi connectivity index (χ4v) is 3.57. The van der Waals surface area contributed by atoms with E-state index in [-0.39, 0.29) is 11.8 Å². The van der Waals surface area contributed by atoms with Crippen molar-refractivity contribution in [1.82, 2.24) is 15.2 Å². The highest BCUT2D eigenvalue weighted by Crippen LogP contribution is 2.29. The molecule has 0 saturated heterocycles. The Morgan fingerprint density at radius 2 is 1.92 bits per heavy atom. The Balaban J connectivity index is 1.79. The number of hydrogen-bond donors (Lipinski definition) is 1. The Morgan fingerprint density at radius 1 is 1.12 bits per heavy atom. The molecule has 1 amide bonds. The Labute approximate surface area is 148 Å². The second-order valence-corrected chi connectivity index (χ2v) is 7.40. The zero-order chi connectivity index (χ0) is 16.9. The molecule has 0 bridgehead atoms. The average Bonchev–Trinajstić information content (AvgIpc) is 3.05. The van der Waals surface area contributed by atoms with Crippen LogP contribution in [0.2, 0.25) is 0 Å². The van der Waals surface area contributed by atoms with Gasteiger partial charge in [0.05, 0.1) is 5.56 Å². The molecule has 0 spiro atoms. The van der Waals surface area contributed by atoms with Gasteiger partial charge in [-0.05, 0) is 24.3 Å². The third-order valence-corrected chi connectivity index (χ3v) is 5.29. The third kappa shape index (κ3) is 3.98. The minimum atomic E-state index is -0.229. The van der Waals surface area contributed by atoms with Gasteiger partial charge in [-0.3, -0.25) is 10.1 Å². The van der Waals surface area contributed by atoms with E-state index in [1.165, 1.54) is 23.1 Å². The quantitative estimate of drug-likeness (QED) is 0.731. The van der Waals surface area contributed by atoms with E-state index in [1.54, 1.807) is 18.3 Å². The summed E-state index contributed by atoms with van der Waals surface area (Å²) in [5.74, 6) is 0.0590. The lowest BCUT2D eigenvalue weighted by Crippen LogP contribution is -2.13. The van der Waals surface area contributed by atoms with Gasteiger partial charge >= 0.3 is 0 Å². The maximum atomic E-state index is 12.6. The maximum Gasteiger partial charge on any atom is 0.260 e. The number of aromatic nitrogens is 3. The van der Waals surface area contributed by atoms with E-state index in [0.29, 0.717) is 15.7 Å². The van der Waals surface area contributed by atoms with E-state index in [9.17, 15) is 4.79 Å². The molecule has 3 rings (SSSR count). The van der Waals surface area contributed by atoms with Gasteiger partial charge in [0.1, 0.15) is 10.0 Å². The molecule has 2 heterocycles. The van der Waals surface area contributed by atoms with E-state index < -0.39 is 0 Å². The van der Waals surface area contributed by atoms with E-state index in [4.69, 9.17) is 0 Å². The van der Waals surface area contributed by atoms with Gasteiger partial charge in [-0.1, -0.05) is 55.1 Å². The first-order valence-electron chi connectivity index (χ1n) is 7.46. The summed E-state index contributed by atoms with van der Waals surface area (Å²) >= 11 is 2.85. The van der Waals surface area contributed by atoms with Crippen LogP contribution in [0.5, 0.6) is 0 Å². The number of pyridine rings is 1. The van der Waals surface area contributed by atoms with Crippen LogP contribution in [-0.2, 0) is 0 Å². The summed E-state index contributed by atoms with van der Waals surface area (Å²) in [6.07, 6.45) is 1.68. The Bertz CT molecular complexity index is 833. The number of rotatable bonds is 5. The molecular weight excluding hydrogens is 340 g/mol. The lowest BCUT2D eigenvalue weighted by Gasteiger charge is -2.07. The topological polar surface area (TPSA) is 67.8 Å². The number of carbonyl (C=O) groups is 1. The molecule has 1 aromatic carbocycles. The number of benzene rings is 1. The van der Waals surface area contributed by atoms with Gasteiger partial charge in [0, 0.05) is 17.0 Å². The van der Waals surface area contributed by atoms with Crippen LogP contribution >= 0.6 is 23.1 Å². The summed E-state index contributed by atoms with van der Waals surface area (Å²) in [6.45, 7) is 4.09. The molecule has 0 saturated carbocycles. The maximum absolute atomic E-state index is 12.6. The van der Waals surface area contributed by atoms with Crippen molar-refractivity contribution in [1.29, 1.82) is 0 Å². The number of anilines is 1. The predicted octanol–water partition coefficient (Wildman–Crippen LogP) is 4.46. The van der Waals surface area contributed by atoms with E-state index >= 15 is 0 Å². The van der Waals surface area contributed by atoms with Crippen molar-refractivity contribution >= 4 is 34.1 Å². The summed E-state index contributed by atoms with van der Waals surface area (Å²) in [6, 6.07) is 13.4. The van der Waals surface area contributed by atoms with Crippen LogP contribution < -0.4 is 5.32 Å². The third-order valence-electron chi connectivity index (χ3n) is 3.13. The zero-order valence-electron chi connectivity index (χ0n) is 13.3. The van der Waals surface area contributed by atoms with Crippen molar-refractivity contribution in [3.63, 3.8) is 0 Å². The van der Waals surface area contributed by atoms with Gasteiger partial charge in [-0.15, -0.1) is 10.2 Å². The number of carbonyl (C=O) groups excluding carboxylic acids is 1. The molecule has 122 valence electrons. The molecule has 0 aliphatic carbocycles. The molecule has 0 aliphatic heterocycles. The summed E-state index contributed by atoms with van der Waals surface area (Å²) in [4.78, 5) is 17.9. The first kappa shape index (κ1) is 16.6. The van der Waals surface area contributed by atoms with Gasteiger partial charge in [0.25, 0.3) is 5.91 Å². The molecule has 0 atom stereocenters. The molecular formula is C17H16N4OS2. The van der Waals surface area contributed by atoms with E-state index in [2.05, 4.69) is 20.5 Å². The van der Waals surface area contributed by atoms with Gasteiger partial charge in [0.2, 0.25) is 5.13 Å². The minimum absolute atomic E-state index is 0.229. The number of hydrogen-bond acceptors (Lipinski definition) is 6. The van der Waals surface area contributed by atoms with Crippen molar-refractivity contribution in [3.05, 3.63) is 59.2 Å². The summed E-state index contributed by atoms with van der Waals surface area (Å²) in [7, 11) is 0. The van der Waals surface area contributed by atoms with Crippen molar-refractivity contribution < 1.29 is 4.79 Å². The fraction of sp³-hybridized carbons (Fsp3) is 0.176. The van der Waals surface area contributed by atoms with Crippen LogP contribution in [-0.4, -0.2) is 21.1 Å². The molecule has 1 N–H and O–H groups in total. The van der Waals surface area contributed by atoms with Crippen LogP contribution in [0, 0.1) is 0 Å². The van der Waals surface area contributed by atoms with Crippen LogP contribution in [0.3, 0.4) is 0 Å². The highest BCUT2D eigenvalue weighted by atomic mass is 32.2. The monoisotopic (exact) mass is 356 g/mol. The van der Waals surface area contributed by atoms with Crippen LogP contribution in [0.4, 0.5) is 5.13 Å². The smallest absolute Gasteiger partial charge is 0.260 e. The number of nitrogens with zero attached hydrogens (tertiary/aromatic N) is 3. The molecule has 0 radical (unpaired) electrons. The summed E-state index contributed by atoms with van der Waals surface area (Å²) in [5, 5.41) is 13.0. The van der Waals surface area contributed by atoms with Crippen molar-refractivity contribution in [3.8, 4) is 0 Å². The fourth-order valence-electron chi connectivity index (χ4n) is 1.93. The molecule has 2 aromatic heterocycles. The number of nitrogens with one attached hydrogen (secondary N) is 1. The van der Waals surface area contributed by atoms with Crippen LogP contribution in [0.25, 0.3) is 0 Å². The molecule has 7 heteroatoms. The molecule has 0 fully saturated rings. The SMILES string of the molecule is CC(C)c1nnc(NC(=O)c2cccnc2Sc2ccccc2)s1. The highest BCUT2D eigenvalue weighted by Gasteiger charge is 2.16. The standard InChI is InChI=1S/C17H16N4OS2/c1-11(2)15-20-21-17(24-15)19-14(22)13-9-6-10-18-16(13)23-12-7-4-3-5-8-12/h3-11H,1-2H3,(H,19,21,22). The minimum Gasteiger partial charge on any atom is -0.296 e. The molecule has 0 unspecified atom stereocenters. The second-order valence-electron chi connectivity index (χ2n) is 5.33. The molecule has 5 nitrogen and oxygen atoms in total.